The Labute approximate surface area is 160 Å². The van der Waals surface area contributed by atoms with Gasteiger partial charge in [-0.3, -0.25) is 14.2 Å². The van der Waals surface area contributed by atoms with Crippen molar-refractivity contribution in [2.75, 3.05) is 60.7 Å². The maximum Gasteiger partial charge on any atom is 0.303 e. The van der Waals surface area contributed by atoms with Crippen LogP contribution in [0.1, 0.15) is 26.7 Å². The molecule has 2 atom stereocenters. The lowest BCUT2D eigenvalue weighted by Gasteiger charge is -2.26. The monoisotopic (exact) mass is 413 g/mol. The predicted molar refractivity (Wildman–Crippen MR) is 94.6 cm³/mol. The highest BCUT2D eigenvalue weighted by atomic mass is 31.2. The lowest BCUT2D eigenvalue weighted by molar-refractivity contribution is -0.870. The Bertz CT molecular complexity index is 493. The molecule has 0 aliphatic carbocycles. The van der Waals surface area contributed by atoms with E-state index in [4.69, 9.17) is 23.3 Å². The summed E-state index contributed by atoms with van der Waals surface area (Å²) < 4.78 is 36.9. The molecule has 0 N–H and O–H groups in total. The third kappa shape index (κ3) is 18.1. The first-order valence-corrected chi connectivity index (χ1v) is 10.2. The number of esters is 2. The first-order chi connectivity index (χ1) is 12.4. The zero-order valence-electron chi connectivity index (χ0n) is 16.8. The molecule has 0 aromatic carbocycles. The molecule has 0 aliphatic heterocycles. The summed E-state index contributed by atoms with van der Waals surface area (Å²) in [5, 5.41) is 0. The van der Waals surface area contributed by atoms with Crippen molar-refractivity contribution in [1.29, 1.82) is 0 Å². The number of ether oxygens (including phenoxy) is 3. The smallest absolute Gasteiger partial charge is 0.303 e. The Kier molecular flexibility index (Phi) is 12.7. The zero-order chi connectivity index (χ0) is 20.9. The van der Waals surface area contributed by atoms with Crippen LogP contribution >= 0.6 is 7.82 Å². The van der Waals surface area contributed by atoms with E-state index in [1.165, 1.54) is 13.8 Å². The summed E-state index contributed by atoms with van der Waals surface area (Å²) in [7, 11) is 1.69. The van der Waals surface area contributed by atoms with Gasteiger partial charge in [-0.05, 0) is 6.42 Å². The molecule has 0 bridgehead atoms. The molecule has 0 aliphatic rings. The lowest BCUT2D eigenvalue weighted by Crippen LogP contribution is -2.35. The van der Waals surface area contributed by atoms with Crippen LogP contribution in [0, 0.1) is 0 Å². The van der Waals surface area contributed by atoms with Crippen LogP contribution in [0.5, 0.6) is 0 Å². The van der Waals surface area contributed by atoms with Gasteiger partial charge in [0.2, 0.25) is 0 Å². The molecule has 0 spiro atoms. The van der Waals surface area contributed by atoms with Crippen molar-refractivity contribution < 1.29 is 46.8 Å². The van der Waals surface area contributed by atoms with E-state index < -0.39 is 25.9 Å². The SMILES string of the molecule is CC(=O)OCC(COCCCOP(=O)([O-])OCCC[N+](C)(C)C)OC(C)=O. The van der Waals surface area contributed by atoms with Crippen LogP contribution in [-0.4, -0.2) is 83.2 Å². The number of rotatable bonds is 15. The standard InChI is InChI=1S/C16H32NO9P/c1-14(18)23-13-16(26-15(2)19)12-22-9-7-11-25-27(20,21)24-10-6-8-17(3,4)5/h16H,6-13H2,1-5H3. The molecule has 0 radical (unpaired) electrons. The molecule has 0 fully saturated rings. The average molecular weight is 413 g/mol. The molecular formula is C16H32NO9P. The summed E-state index contributed by atoms with van der Waals surface area (Å²) in [6.45, 7) is 3.34. The number of quaternary nitrogens is 1. The molecule has 0 amide bonds. The molecule has 0 saturated heterocycles. The molecule has 11 heteroatoms. The maximum absolute atomic E-state index is 11.6. The van der Waals surface area contributed by atoms with Gasteiger partial charge in [0.15, 0.2) is 6.10 Å². The van der Waals surface area contributed by atoms with Crippen LogP contribution in [0.15, 0.2) is 0 Å². The molecule has 160 valence electrons. The highest BCUT2D eigenvalue weighted by Gasteiger charge is 2.15. The molecule has 2 unspecified atom stereocenters. The largest absolute Gasteiger partial charge is 0.756 e. The second-order valence-corrected chi connectivity index (χ2v) is 8.35. The van der Waals surface area contributed by atoms with E-state index >= 15 is 0 Å². The number of phosphoric ester groups is 1. The third-order valence-corrected chi connectivity index (χ3v) is 4.01. The second-order valence-electron chi connectivity index (χ2n) is 6.94. The van der Waals surface area contributed by atoms with Gasteiger partial charge in [-0.1, -0.05) is 0 Å². The van der Waals surface area contributed by atoms with Gasteiger partial charge in [0.05, 0.1) is 47.5 Å². The van der Waals surface area contributed by atoms with Crippen LogP contribution in [0.4, 0.5) is 0 Å². The number of phosphoric acid groups is 1. The molecule has 0 heterocycles. The average Bonchev–Trinajstić information content (AvgIpc) is 2.51. The van der Waals surface area contributed by atoms with E-state index in [0.717, 1.165) is 11.0 Å². The number of hydrogen-bond donors (Lipinski definition) is 0. The minimum Gasteiger partial charge on any atom is -0.756 e. The number of nitrogens with zero attached hydrogens (tertiary/aromatic N) is 1. The van der Waals surface area contributed by atoms with Crippen molar-refractivity contribution in [3.8, 4) is 0 Å². The molecule has 10 nitrogen and oxygen atoms in total. The number of carbonyl (C=O) groups is 2. The number of carbonyl (C=O) groups excluding carboxylic acids is 2. The maximum atomic E-state index is 11.6. The van der Waals surface area contributed by atoms with E-state index in [9.17, 15) is 19.0 Å². The molecule has 27 heavy (non-hydrogen) atoms. The van der Waals surface area contributed by atoms with Crippen molar-refractivity contribution >= 4 is 19.8 Å². The van der Waals surface area contributed by atoms with Crippen molar-refractivity contribution in [2.24, 2.45) is 0 Å². The summed E-state index contributed by atoms with van der Waals surface area (Å²) in [6, 6.07) is 0. The predicted octanol–water partition coefficient (Wildman–Crippen LogP) is 0.486. The summed E-state index contributed by atoms with van der Waals surface area (Å²) in [5.41, 5.74) is 0. The van der Waals surface area contributed by atoms with Gasteiger partial charge in [0.1, 0.15) is 6.61 Å². The number of hydrogen-bond acceptors (Lipinski definition) is 9. The van der Waals surface area contributed by atoms with Crippen molar-refractivity contribution in [1.82, 2.24) is 0 Å². The van der Waals surface area contributed by atoms with Crippen LogP contribution in [0.2, 0.25) is 0 Å². The summed E-state index contributed by atoms with van der Waals surface area (Å²) >= 11 is 0. The van der Waals surface area contributed by atoms with Crippen LogP contribution in [0.25, 0.3) is 0 Å². The van der Waals surface area contributed by atoms with Gasteiger partial charge in [-0.25, -0.2) is 0 Å². The van der Waals surface area contributed by atoms with Gasteiger partial charge < -0.3 is 32.6 Å². The second kappa shape index (κ2) is 13.2. The van der Waals surface area contributed by atoms with E-state index in [2.05, 4.69) is 0 Å². The molecule has 0 saturated carbocycles. The van der Waals surface area contributed by atoms with Gasteiger partial charge in [-0.15, -0.1) is 0 Å². The first-order valence-electron chi connectivity index (χ1n) is 8.70. The summed E-state index contributed by atoms with van der Waals surface area (Å²) in [6.07, 6.45) is 0.180. The quantitative estimate of drug-likeness (QED) is 0.163. The van der Waals surface area contributed by atoms with E-state index in [0.29, 0.717) is 12.8 Å². The Morgan fingerprint density at radius 2 is 1.56 bits per heavy atom. The zero-order valence-corrected chi connectivity index (χ0v) is 17.7. The Morgan fingerprint density at radius 1 is 0.963 bits per heavy atom. The lowest BCUT2D eigenvalue weighted by atomic mass is 10.4. The molecular weight excluding hydrogens is 381 g/mol. The third-order valence-electron chi connectivity index (χ3n) is 3.01. The van der Waals surface area contributed by atoms with Crippen LogP contribution in [-0.2, 0) is 37.4 Å². The summed E-state index contributed by atoms with van der Waals surface area (Å²) in [5.74, 6) is -1.01. The van der Waals surface area contributed by atoms with Gasteiger partial charge >= 0.3 is 11.9 Å². The minimum atomic E-state index is -4.32. The Balaban J connectivity index is 3.89. The molecule has 0 aromatic rings. The van der Waals surface area contributed by atoms with Gasteiger partial charge in [0.25, 0.3) is 7.82 Å². The van der Waals surface area contributed by atoms with Crippen LogP contribution in [0.3, 0.4) is 0 Å². The summed E-state index contributed by atoms with van der Waals surface area (Å²) in [4.78, 5) is 33.4. The topological polar surface area (TPSA) is 120 Å². The van der Waals surface area contributed by atoms with Gasteiger partial charge in [-0.2, -0.15) is 0 Å². The van der Waals surface area contributed by atoms with Crippen molar-refractivity contribution in [3.05, 3.63) is 0 Å². The minimum absolute atomic E-state index is 0.0173. The van der Waals surface area contributed by atoms with Gasteiger partial charge in [0, 0.05) is 26.9 Å². The highest BCUT2D eigenvalue weighted by Crippen LogP contribution is 2.38. The van der Waals surface area contributed by atoms with Crippen molar-refractivity contribution in [3.63, 3.8) is 0 Å². The van der Waals surface area contributed by atoms with E-state index in [-0.39, 0.29) is 33.0 Å². The molecule has 0 rings (SSSR count). The fraction of sp³-hybridized carbons (Fsp3) is 0.875. The van der Waals surface area contributed by atoms with Crippen molar-refractivity contribution in [2.45, 2.75) is 32.8 Å². The fourth-order valence-corrected chi connectivity index (χ4v) is 2.65. The molecule has 0 aromatic heterocycles. The van der Waals surface area contributed by atoms with E-state index in [1.807, 2.05) is 21.1 Å². The Morgan fingerprint density at radius 3 is 2.07 bits per heavy atom. The normalized spacial score (nSPS) is 15.0. The van der Waals surface area contributed by atoms with Crippen LogP contribution < -0.4 is 4.89 Å². The highest BCUT2D eigenvalue weighted by molar-refractivity contribution is 7.45. The fourth-order valence-electron chi connectivity index (χ4n) is 1.87. The first kappa shape index (κ1) is 26.0. The van der Waals surface area contributed by atoms with E-state index in [1.54, 1.807) is 0 Å². The Hall–Kier alpha value is -1.03.